The maximum Gasteiger partial charge on any atom is 0.340 e. The number of ether oxygens (including phenoxy) is 2. The van der Waals surface area contributed by atoms with Gasteiger partial charge in [0, 0.05) is 25.2 Å². The smallest absolute Gasteiger partial charge is 0.340 e. The van der Waals surface area contributed by atoms with E-state index in [2.05, 4.69) is 5.32 Å². The molecule has 0 saturated heterocycles. The molecule has 174 valence electrons. The van der Waals surface area contributed by atoms with Crippen LogP contribution < -0.4 is 10.1 Å². The molecular weight excluding hydrogens is 456 g/mol. The molecule has 1 amide bonds. The Labute approximate surface area is 193 Å². The molecule has 0 spiro atoms. The maximum atomic E-state index is 12.7. The number of carbonyl (C=O) groups is 2. The zero-order valence-corrected chi connectivity index (χ0v) is 20.0. The molecule has 0 radical (unpaired) electrons. The molecule has 0 aliphatic carbocycles. The summed E-state index contributed by atoms with van der Waals surface area (Å²) in [7, 11) is -2.26. The number of hydrogen-bond donors (Lipinski definition) is 1. The van der Waals surface area contributed by atoms with Crippen LogP contribution in [0.1, 0.15) is 36.7 Å². The van der Waals surface area contributed by atoms with Crippen molar-refractivity contribution in [1.29, 1.82) is 0 Å². The number of carbonyl (C=O) groups excluding carboxylic acids is 2. The molecule has 32 heavy (non-hydrogen) atoms. The molecule has 2 aromatic carbocycles. The number of rotatable bonds is 10. The van der Waals surface area contributed by atoms with E-state index in [1.807, 2.05) is 12.1 Å². The van der Waals surface area contributed by atoms with Crippen LogP contribution in [0.25, 0.3) is 0 Å². The summed E-state index contributed by atoms with van der Waals surface area (Å²) in [5.41, 5.74) is 0.628. The number of halogens is 1. The Morgan fingerprint density at radius 1 is 1.12 bits per heavy atom. The van der Waals surface area contributed by atoms with Crippen LogP contribution in [-0.4, -0.2) is 50.9 Å². The summed E-state index contributed by atoms with van der Waals surface area (Å²) in [6.07, 6.45) is -1.13. The van der Waals surface area contributed by atoms with Crippen molar-refractivity contribution in [3.05, 3.63) is 58.6 Å². The van der Waals surface area contributed by atoms with Crippen molar-refractivity contribution in [2.45, 2.75) is 38.3 Å². The van der Waals surface area contributed by atoms with Crippen molar-refractivity contribution in [2.24, 2.45) is 0 Å². The number of methoxy groups -OCH3 is 1. The fraction of sp³-hybridized carbons (Fsp3) is 0.364. The van der Waals surface area contributed by atoms with Gasteiger partial charge in [-0.25, -0.2) is 13.2 Å². The molecule has 10 heteroatoms. The molecule has 0 saturated carbocycles. The summed E-state index contributed by atoms with van der Waals surface area (Å²) in [6.45, 7) is 5.60. The van der Waals surface area contributed by atoms with E-state index < -0.39 is 28.0 Å². The first-order chi connectivity index (χ1) is 15.1. The molecule has 2 rings (SSSR count). The number of benzene rings is 2. The van der Waals surface area contributed by atoms with Gasteiger partial charge in [0.15, 0.2) is 6.10 Å². The first kappa shape index (κ1) is 25.6. The predicted octanol–water partition coefficient (Wildman–Crippen LogP) is 3.24. The first-order valence-electron chi connectivity index (χ1n) is 10.1. The van der Waals surface area contributed by atoms with Crippen molar-refractivity contribution in [3.8, 4) is 5.75 Å². The minimum absolute atomic E-state index is 0.0233. The summed E-state index contributed by atoms with van der Waals surface area (Å²) in [4.78, 5) is 24.9. The highest BCUT2D eigenvalue weighted by Gasteiger charge is 2.26. The summed E-state index contributed by atoms with van der Waals surface area (Å²) in [6, 6.07) is 11.0. The lowest BCUT2D eigenvalue weighted by Gasteiger charge is -2.19. The number of sulfonamides is 1. The fourth-order valence-corrected chi connectivity index (χ4v) is 4.67. The molecule has 0 aliphatic heterocycles. The number of hydrogen-bond acceptors (Lipinski definition) is 6. The quantitative estimate of drug-likeness (QED) is 0.521. The number of nitrogens with one attached hydrogen (secondary N) is 1. The van der Waals surface area contributed by atoms with Gasteiger partial charge in [-0.05, 0) is 31.2 Å². The molecule has 0 fully saturated rings. The average Bonchev–Trinajstić information content (AvgIpc) is 2.78. The molecule has 0 bridgehead atoms. The third-order valence-corrected chi connectivity index (χ3v) is 7.18. The third kappa shape index (κ3) is 5.99. The van der Waals surface area contributed by atoms with E-state index in [0.717, 1.165) is 11.6 Å². The van der Waals surface area contributed by atoms with Gasteiger partial charge in [0.05, 0.1) is 22.6 Å². The van der Waals surface area contributed by atoms with E-state index in [-0.39, 0.29) is 35.1 Å². The summed E-state index contributed by atoms with van der Waals surface area (Å²) >= 11 is 6.10. The molecule has 1 N–H and O–H groups in total. The van der Waals surface area contributed by atoms with Gasteiger partial charge in [0.2, 0.25) is 10.0 Å². The van der Waals surface area contributed by atoms with E-state index in [0.29, 0.717) is 5.75 Å². The second-order valence-corrected chi connectivity index (χ2v) is 9.15. The summed E-state index contributed by atoms with van der Waals surface area (Å²) in [5, 5.41) is 2.70. The molecule has 1 atom stereocenters. The van der Waals surface area contributed by atoms with Gasteiger partial charge < -0.3 is 14.8 Å². The zero-order chi connectivity index (χ0) is 23.9. The highest BCUT2D eigenvalue weighted by molar-refractivity contribution is 7.89. The number of nitrogens with zero attached hydrogens (tertiary/aromatic N) is 1. The minimum Gasteiger partial charge on any atom is -0.496 e. The molecule has 8 nitrogen and oxygen atoms in total. The van der Waals surface area contributed by atoms with Crippen LogP contribution >= 0.6 is 11.6 Å². The Morgan fingerprint density at radius 2 is 1.78 bits per heavy atom. The molecule has 2 aromatic rings. The van der Waals surface area contributed by atoms with E-state index in [1.165, 1.54) is 30.5 Å². The lowest BCUT2D eigenvalue weighted by Crippen LogP contribution is -2.35. The third-order valence-electron chi connectivity index (χ3n) is 4.80. The second-order valence-electron chi connectivity index (χ2n) is 6.81. The SMILES string of the molecule is CCN(CC)S(=O)(=O)c1ccc(Cl)c(C(=O)OC(C)C(=O)NCc2ccccc2OC)c1. The summed E-state index contributed by atoms with van der Waals surface area (Å²) in [5.74, 6) is -0.797. The second kappa shape index (κ2) is 11.3. The van der Waals surface area contributed by atoms with Crippen LogP contribution in [0.15, 0.2) is 47.4 Å². The normalized spacial score (nSPS) is 12.3. The standard InChI is InChI=1S/C22H27ClN2O6S/c1-5-25(6-2)32(28,29)17-11-12-19(23)18(13-17)22(27)31-15(3)21(26)24-14-16-9-7-8-10-20(16)30-4/h7-13,15H,5-6,14H2,1-4H3,(H,24,26). The molecule has 0 aromatic heterocycles. The van der Waals surface area contributed by atoms with E-state index in [9.17, 15) is 18.0 Å². The van der Waals surface area contributed by atoms with Gasteiger partial charge in [-0.15, -0.1) is 0 Å². The highest BCUT2D eigenvalue weighted by atomic mass is 35.5. The Bertz CT molecular complexity index is 1070. The lowest BCUT2D eigenvalue weighted by atomic mass is 10.2. The number of esters is 1. The minimum atomic E-state index is -3.79. The van der Waals surface area contributed by atoms with E-state index >= 15 is 0 Å². The van der Waals surface area contributed by atoms with Crippen molar-refractivity contribution < 1.29 is 27.5 Å². The van der Waals surface area contributed by atoms with Crippen molar-refractivity contribution in [2.75, 3.05) is 20.2 Å². The average molecular weight is 483 g/mol. The van der Waals surface area contributed by atoms with Gasteiger partial charge >= 0.3 is 5.97 Å². The Kier molecular flexibility index (Phi) is 9.06. The Morgan fingerprint density at radius 3 is 2.41 bits per heavy atom. The topological polar surface area (TPSA) is 102 Å². The fourth-order valence-electron chi connectivity index (χ4n) is 2.99. The van der Waals surface area contributed by atoms with Crippen molar-refractivity contribution in [3.63, 3.8) is 0 Å². The van der Waals surface area contributed by atoms with Crippen LogP contribution in [0.2, 0.25) is 5.02 Å². The highest BCUT2D eigenvalue weighted by Crippen LogP contribution is 2.24. The largest absolute Gasteiger partial charge is 0.496 e. The Hall–Kier alpha value is -2.62. The maximum absolute atomic E-state index is 12.7. The van der Waals surface area contributed by atoms with Gasteiger partial charge in [0.1, 0.15) is 5.75 Å². The molecule has 0 aliphatic rings. The molecule has 1 unspecified atom stereocenters. The first-order valence-corrected chi connectivity index (χ1v) is 11.9. The Balaban J connectivity index is 2.12. The number of amides is 1. The number of para-hydroxylation sites is 1. The van der Waals surface area contributed by atoms with Crippen molar-refractivity contribution >= 4 is 33.5 Å². The van der Waals surface area contributed by atoms with Crippen LogP contribution in [0.3, 0.4) is 0 Å². The van der Waals surface area contributed by atoms with Crippen LogP contribution in [0.5, 0.6) is 5.75 Å². The van der Waals surface area contributed by atoms with Gasteiger partial charge in [-0.2, -0.15) is 4.31 Å². The zero-order valence-electron chi connectivity index (χ0n) is 18.4. The van der Waals surface area contributed by atoms with Crippen LogP contribution in [0.4, 0.5) is 0 Å². The van der Waals surface area contributed by atoms with E-state index in [4.69, 9.17) is 21.1 Å². The monoisotopic (exact) mass is 482 g/mol. The molecule has 0 heterocycles. The van der Waals surface area contributed by atoms with Gasteiger partial charge in [-0.1, -0.05) is 43.6 Å². The summed E-state index contributed by atoms with van der Waals surface area (Å²) < 4.78 is 37.2. The van der Waals surface area contributed by atoms with Gasteiger partial charge in [0.25, 0.3) is 5.91 Å². The lowest BCUT2D eigenvalue weighted by molar-refractivity contribution is -0.129. The predicted molar refractivity (Wildman–Crippen MR) is 121 cm³/mol. The van der Waals surface area contributed by atoms with Crippen LogP contribution in [0, 0.1) is 0 Å². The van der Waals surface area contributed by atoms with Crippen molar-refractivity contribution in [1.82, 2.24) is 9.62 Å². The van der Waals surface area contributed by atoms with Crippen LogP contribution in [-0.2, 0) is 26.1 Å². The van der Waals surface area contributed by atoms with E-state index in [1.54, 1.807) is 26.0 Å². The molecular formula is C22H27ClN2O6S. The van der Waals surface area contributed by atoms with Gasteiger partial charge in [-0.3, -0.25) is 4.79 Å².